The van der Waals surface area contributed by atoms with Crippen molar-refractivity contribution in [3.8, 4) is 0 Å². The topological polar surface area (TPSA) is 59.1 Å². The molecular weight excluding hydrogens is 252 g/mol. The van der Waals surface area contributed by atoms with Crippen LogP contribution in [0.15, 0.2) is 6.07 Å². The second-order valence-electron chi connectivity index (χ2n) is 5.81. The standard InChI is InChI=1S/C15H24N4O/c1-2-6-16-13-8-14(17-9-11-5-7-20-10-11)19-15(18-13)12-3-4-12/h8,11-12H,2-7,9-10H2,1H3,(H2,16,17,18,19). The highest BCUT2D eigenvalue weighted by atomic mass is 16.5. The van der Waals surface area contributed by atoms with E-state index in [2.05, 4.69) is 27.5 Å². The van der Waals surface area contributed by atoms with Crippen LogP contribution in [-0.2, 0) is 4.74 Å². The predicted molar refractivity (Wildman–Crippen MR) is 80.2 cm³/mol. The first-order valence-corrected chi connectivity index (χ1v) is 7.79. The van der Waals surface area contributed by atoms with Crippen molar-refractivity contribution in [1.29, 1.82) is 0 Å². The number of aromatic nitrogens is 2. The fourth-order valence-corrected chi connectivity index (χ4v) is 2.42. The zero-order valence-corrected chi connectivity index (χ0v) is 12.2. The molecule has 2 N–H and O–H groups in total. The van der Waals surface area contributed by atoms with E-state index in [1.54, 1.807) is 0 Å². The zero-order valence-electron chi connectivity index (χ0n) is 12.2. The summed E-state index contributed by atoms with van der Waals surface area (Å²) in [6.45, 7) is 5.82. The minimum Gasteiger partial charge on any atom is -0.381 e. The molecule has 0 amide bonds. The molecule has 1 aliphatic carbocycles. The molecule has 110 valence electrons. The first kappa shape index (κ1) is 13.6. The fourth-order valence-electron chi connectivity index (χ4n) is 2.42. The van der Waals surface area contributed by atoms with Crippen LogP contribution in [0.3, 0.4) is 0 Å². The van der Waals surface area contributed by atoms with Gasteiger partial charge in [0, 0.05) is 37.6 Å². The summed E-state index contributed by atoms with van der Waals surface area (Å²) in [5.74, 6) is 4.09. The van der Waals surface area contributed by atoms with Crippen molar-refractivity contribution in [3.05, 3.63) is 11.9 Å². The molecule has 2 fully saturated rings. The third-order valence-corrected chi connectivity index (χ3v) is 3.84. The number of hydrogen-bond donors (Lipinski definition) is 2. The minimum absolute atomic E-state index is 0.578. The van der Waals surface area contributed by atoms with E-state index in [0.29, 0.717) is 11.8 Å². The van der Waals surface area contributed by atoms with Gasteiger partial charge in [0.2, 0.25) is 0 Å². The van der Waals surface area contributed by atoms with Gasteiger partial charge in [-0.25, -0.2) is 9.97 Å². The SMILES string of the molecule is CCCNc1cc(NCC2CCOC2)nc(C2CC2)n1. The lowest BCUT2D eigenvalue weighted by atomic mass is 10.1. The van der Waals surface area contributed by atoms with Crippen LogP contribution in [0, 0.1) is 5.92 Å². The number of anilines is 2. The summed E-state index contributed by atoms with van der Waals surface area (Å²) in [7, 11) is 0. The molecule has 5 nitrogen and oxygen atoms in total. The monoisotopic (exact) mass is 276 g/mol. The fraction of sp³-hybridized carbons (Fsp3) is 0.733. The second-order valence-corrected chi connectivity index (χ2v) is 5.81. The Labute approximate surface area is 120 Å². The van der Waals surface area contributed by atoms with Crippen LogP contribution in [0.4, 0.5) is 11.6 Å². The summed E-state index contributed by atoms with van der Waals surface area (Å²) in [5, 5.41) is 6.83. The van der Waals surface area contributed by atoms with Gasteiger partial charge in [0.25, 0.3) is 0 Å². The Kier molecular flexibility index (Phi) is 4.35. The van der Waals surface area contributed by atoms with Crippen molar-refractivity contribution in [2.75, 3.05) is 36.9 Å². The molecule has 2 heterocycles. The van der Waals surface area contributed by atoms with Gasteiger partial charge in [-0.05, 0) is 25.7 Å². The third-order valence-electron chi connectivity index (χ3n) is 3.84. The first-order valence-electron chi connectivity index (χ1n) is 7.79. The van der Waals surface area contributed by atoms with E-state index in [9.17, 15) is 0 Å². The van der Waals surface area contributed by atoms with Crippen molar-refractivity contribution in [3.63, 3.8) is 0 Å². The Morgan fingerprint density at radius 1 is 1.20 bits per heavy atom. The van der Waals surface area contributed by atoms with E-state index >= 15 is 0 Å². The number of nitrogens with zero attached hydrogens (tertiary/aromatic N) is 2. The Hall–Kier alpha value is -1.36. The van der Waals surface area contributed by atoms with Crippen molar-refractivity contribution in [2.45, 2.75) is 38.5 Å². The molecule has 0 bridgehead atoms. The summed E-state index contributed by atoms with van der Waals surface area (Å²) in [6, 6.07) is 2.03. The average Bonchev–Trinajstić information content (AvgIpc) is 3.20. The number of ether oxygens (including phenoxy) is 1. The highest BCUT2D eigenvalue weighted by molar-refractivity contribution is 5.48. The third kappa shape index (κ3) is 3.60. The van der Waals surface area contributed by atoms with E-state index in [1.165, 1.54) is 12.8 Å². The molecule has 3 rings (SSSR count). The lowest BCUT2D eigenvalue weighted by molar-refractivity contribution is 0.187. The number of hydrogen-bond acceptors (Lipinski definition) is 5. The van der Waals surface area contributed by atoms with Gasteiger partial charge < -0.3 is 15.4 Å². The normalized spacial score (nSPS) is 21.9. The van der Waals surface area contributed by atoms with Crippen LogP contribution in [0.2, 0.25) is 0 Å². The van der Waals surface area contributed by atoms with Gasteiger partial charge in [-0.15, -0.1) is 0 Å². The smallest absolute Gasteiger partial charge is 0.136 e. The van der Waals surface area contributed by atoms with Crippen molar-refractivity contribution in [2.24, 2.45) is 5.92 Å². The molecule has 0 radical (unpaired) electrons. The maximum absolute atomic E-state index is 5.41. The van der Waals surface area contributed by atoms with Gasteiger partial charge in [0.05, 0.1) is 6.61 Å². The highest BCUT2D eigenvalue weighted by Gasteiger charge is 2.27. The molecule has 1 unspecified atom stereocenters. The van der Waals surface area contributed by atoms with E-state index in [1.807, 2.05) is 6.07 Å². The molecule has 1 aromatic heterocycles. The molecule has 1 aliphatic heterocycles. The minimum atomic E-state index is 0.578. The van der Waals surface area contributed by atoms with Crippen molar-refractivity contribution < 1.29 is 4.74 Å². The summed E-state index contributed by atoms with van der Waals surface area (Å²) in [6.07, 6.45) is 4.71. The lowest BCUT2D eigenvalue weighted by Gasteiger charge is -2.13. The van der Waals surface area contributed by atoms with E-state index in [-0.39, 0.29) is 0 Å². The van der Waals surface area contributed by atoms with Gasteiger partial charge >= 0.3 is 0 Å². The number of rotatable bonds is 7. The van der Waals surface area contributed by atoms with Crippen molar-refractivity contribution in [1.82, 2.24) is 9.97 Å². The predicted octanol–water partition coefficient (Wildman–Crippen LogP) is 2.62. The molecule has 1 atom stereocenters. The van der Waals surface area contributed by atoms with Crippen LogP contribution in [0.1, 0.15) is 44.3 Å². The van der Waals surface area contributed by atoms with Crippen LogP contribution in [0.5, 0.6) is 0 Å². The van der Waals surface area contributed by atoms with E-state index < -0.39 is 0 Å². The summed E-state index contributed by atoms with van der Waals surface area (Å²) in [5.41, 5.74) is 0. The largest absolute Gasteiger partial charge is 0.381 e. The van der Waals surface area contributed by atoms with E-state index in [0.717, 1.165) is 56.6 Å². The van der Waals surface area contributed by atoms with Crippen LogP contribution < -0.4 is 10.6 Å². The molecule has 1 saturated heterocycles. The Morgan fingerprint density at radius 2 is 2.00 bits per heavy atom. The molecular formula is C15H24N4O. The summed E-state index contributed by atoms with van der Waals surface area (Å²) >= 11 is 0. The summed E-state index contributed by atoms with van der Waals surface area (Å²) < 4.78 is 5.41. The average molecular weight is 276 g/mol. The second kappa shape index (κ2) is 6.39. The summed E-state index contributed by atoms with van der Waals surface area (Å²) in [4.78, 5) is 9.29. The van der Waals surface area contributed by atoms with Crippen molar-refractivity contribution >= 4 is 11.6 Å². The molecule has 5 heteroatoms. The van der Waals surface area contributed by atoms with Gasteiger partial charge in [-0.2, -0.15) is 0 Å². The molecule has 0 aromatic carbocycles. The Bertz CT molecular complexity index is 441. The molecule has 1 aromatic rings. The molecule has 2 aliphatic rings. The number of nitrogens with one attached hydrogen (secondary N) is 2. The van der Waals surface area contributed by atoms with Gasteiger partial charge in [-0.1, -0.05) is 6.92 Å². The Morgan fingerprint density at radius 3 is 2.65 bits per heavy atom. The molecule has 20 heavy (non-hydrogen) atoms. The van der Waals surface area contributed by atoms with Crippen LogP contribution >= 0.6 is 0 Å². The van der Waals surface area contributed by atoms with Gasteiger partial charge in [-0.3, -0.25) is 0 Å². The maximum atomic E-state index is 5.41. The Balaban J connectivity index is 1.65. The molecule has 1 saturated carbocycles. The maximum Gasteiger partial charge on any atom is 0.136 e. The lowest BCUT2D eigenvalue weighted by Crippen LogP contribution is -2.16. The van der Waals surface area contributed by atoms with Gasteiger partial charge in [0.1, 0.15) is 17.5 Å². The van der Waals surface area contributed by atoms with Crippen LogP contribution in [-0.4, -0.2) is 36.3 Å². The highest BCUT2D eigenvalue weighted by Crippen LogP contribution is 2.38. The zero-order chi connectivity index (χ0) is 13.8. The van der Waals surface area contributed by atoms with E-state index in [4.69, 9.17) is 4.74 Å². The van der Waals surface area contributed by atoms with Crippen LogP contribution in [0.25, 0.3) is 0 Å². The molecule has 0 spiro atoms. The first-order chi connectivity index (χ1) is 9.85. The van der Waals surface area contributed by atoms with Gasteiger partial charge in [0.15, 0.2) is 0 Å². The quantitative estimate of drug-likeness (QED) is 0.801.